The molecule has 0 aliphatic carbocycles. The number of aliphatic hydroxyl groups excluding tert-OH is 1. The minimum Gasteiger partial charge on any atom is -0.487 e. The molecule has 1 aliphatic rings. The first-order valence-electron chi connectivity index (χ1n) is 8.40. The lowest BCUT2D eigenvalue weighted by Gasteiger charge is -2.19. The zero-order valence-electron chi connectivity index (χ0n) is 14.3. The van der Waals surface area contributed by atoms with Crippen LogP contribution in [0.2, 0.25) is 0 Å². The summed E-state index contributed by atoms with van der Waals surface area (Å²) in [6.45, 7) is 5.59. The van der Waals surface area contributed by atoms with Crippen LogP contribution in [-0.2, 0) is 13.0 Å². The number of rotatable bonds is 7. The highest BCUT2D eigenvalue weighted by Crippen LogP contribution is 2.41. The van der Waals surface area contributed by atoms with Crippen LogP contribution in [0.4, 0.5) is 0 Å². The second-order valence-corrected chi connectivity index (χ2v) is 6.86. The van der Waals surface area contributed by atoms with Crippen molar-refractivity contribution in [2.24, 2.45) is 0 Å². The number of benzene rings is 2. The highest BCUT2D eigenvalue weighted by molar-refractivity contribution is 5.50. The maximum Gasteiger partial charge on any atom is 0.165 e. The Hall–Kier alpha value is -2.04. The Morgan fingerprint density at radius 2 is 1.96 bits per heavy atom. The molecule has 3 rings (SSSR count). The molecule has 0 radical (unpaired) electrons. The predicted molar refractivity (Wildman–Crippen MR) is 94.5 cm³/mol. The van der Waals surface area contributed by atoms with Gasteiger partial charge in [0.1, 0.15) is 18.3 Å². The normalized spacial score (nSPS) is 16.3. The van der Waals surface area contributed by atoms with E-state index in [0.717, 1.165) is 24.3 Å². The SMILES string of the molecule is CC1(C)Cc2cccc(OCC(O)CNCc3ccccc3)c2O1. The Morgan fingerprint density at radius 3 is 2.75 bits per heavy atom. The molecule has 0 spiro atoms. The zero-order chi connectivity index (χ0) is 17.0. The van der Waals surface area contributed by atoms with Gasteiger partial charge in [0.05, 0.1) is 0 Å². The van der Waals surface area contributed by atoms with Gasteiger partial charge in [-0.05, 0) is 25.5 Å². The molecular formula is C20H25NO3. The number of hydrogen-bond acceptors (Lipinski definition) is 4. The molecule has 0 amide bonds. The Bertz CT molecular complexity index is 670. The van der Waals surface area contributed by atoms with Crippen LogP contribution in [0.1, 0.15) is 25.0 Å². The summed E-state index contributed by atoms with van der Waals surface area (Å²) in [5, 5.41) is 13.4. The van der Waals surface area contributed by atoms with Crippen molar-refractivity contribution in [2.45, 2.75) is 38.5 Å². The van der Waals surface area contributed by atoms with Gasteiger partial charge in [0.2, 0.25) is 0 Å². The summed E-state index contributed by atoms with van der Waals surface area (Å²) >= 11 is 0. The molecule has 1 unspecified atom stereocenters. The average molecular weight is 327 g/mol. The molecule has 2 aromatic carbocycles. The van der Waals surface area contributed by atoms with Crippen LogP contribution in [-0.4, -0.2) is 30.0 Å². The summed E-state index contributed by atoms with van der Waals surface area (Å²) in [6, 6.07) is 16.1. The summed E-state index contributed by atoms with van der Waals surface area (Å²) in [7, 11) is 0. The van der Waals surface area contributed by atoms with Crippen molar-refractivity contribution in [3.8, 4) is 11.5 Å². The number of hydrogen-bond donors (Lipinski definition) is 2. The summed E-state index contributed by atoms with van der Waals surface area (Å²) in [5.74, 6) is 1.52. The van der Waals surface area contributed by atoms with Gasteiger partial charge in [-0.1, -0.05) is 42.5 Å². The van der Waals surface area contributed by atoms with Crippen LogP contribution < -0.4 is 14.8 Å². The second kappa shape index (κ2) is 7.24. The average Bonchev–Trinajstić information content (AvgIpc) is 2.88. The monoisotopic (exact) mass is 327 g/mol. The second-order valence-electron chi connectivity index (χ2n) is 6.86. The Balaban J connectivity index is 1.47. The molecule has 2 N–H and O–H groups in total. The maximum absolute atomic E-state index is 10.1. The molecule has 1 heterocycles. The minimum absolute atomic E-state index is 0.197. The van der Waals surface area contributed by atoms with Crippen LogP contribution in [0, 0.1) is 0 Å². The number of nitrogens with one attached hydrogen (secondary N) is 1. The van der Waals surface area contributed by atoms with E-state index in [1.807, 2.05) is 30.3 Å². The molecular weight excluding hydrogens is 302 g/mol. The first kappa shape index (κ1) is 16.8. The van der Waals surface area contributed by atoms with Gasteiger partial charge >= 0.3 is 0 Å². The molecule has 0 fully saturated rings. The topological polar surface area (TPSA) is 50.7 Å². The fraction of sp³-hybridized carbons (Fsp3) is 0.400. The van der Waals surface area contributed by atoms with Crippen molar-refractivity contribution in [3.05, 3.63) is 59.7 Å². The largest absolute Gasteiger partial charge is 0.487 e. The molecule has 4 nitrogen and oxygen atoms in total. The number of fused-ring (bicyclic) bond motifs is 1. The third-order valence-electron chi connectivity index (χ3n) is 4.04. The molecule has 2 aromatic rings. The highest BCUT2D eigenvalue weighted by Gasteiger charge is 2.32. The third kappa shape index (κ3) is 4.28. The van der Waals surface area contributed by atoms with Crippen LogP contribution in [0.15, 0.2) is 48.5 Å². The van der Waals surface area contributed by atoms with Gasteiger partial charge in [-0.3, -0.25) is 0 Å². The molecule has 24 heavy (non-hydrogen) atoms. The first-order valence-corrected chi connectivity index (χ1v) is 8.40. The van der Waals surface area contributed by atoms with Crippen LogP contribution in [0.5, 0.6) is 11.5 Å². The number of ether oxygens (including phenoxy) is 2. The van der Waals surface area contributed by atoms with Gasteiger partial charge in [0, 0.05) is 25.1 Å². The van der Waals surface area contributed by atoms with E-state index in [9.17, 15) is 5.11 Å². The van der Waals surface area contributed by atoms with Gasteiger partial charge < -0.3 is 19.9 Å². The van der Waals surface area contributed by atoms with Crippen molar-refractivity contribution in [1.82, 2.24) is 5.32 Å². The quantitative estimate of drug-likeness (QED) is 0.821. The summed E-state index contributed by atoms with van der Waals surface area (Å²) in [4.78, 5) is 0. The van der Waals surface area contributed by atoms with Crippen LogP contribution >= 0.6 is 0 Å². The third-order valence-corrected chi connectivity index (χ3v) is 4.04. The van der Waals surface area contributed by atoms with Crippen LogP contribution in [0.25, 0.3) is 0 Å². The molecule has 0 aromatic heterocycles. The number of aliphatic hydroxyl groups is 1. The van der Waals surface area contributed by atoms with E-state index in [1.54, 1.807) is 0 Å². The summed E-state index contributed by atoms with van der Waals surface area (Å²) in [5.41, 5.74) is 2.16. The van der Waals surface area contributed by atoms with Crippen molar-refractivity contribution in [1.29, 1.82) is 0 Å². The molecule has 1 aliphatic heterocycles. The van der Waals surface area contributed by atoms with E-state index in [-0.39, 0.29) is 12.2 Å². The van der Waals surface area contributed by atoms with E-state index in [2.05, 4.69) is 37.4 Å². The van der Waals surface area contributed by atoms with Gasteiger partial charge in [-0.2, -0.15) is 0 Å². The summed E-state index contributed by atoms with van der Waals surface area (Å²) in [6.07, 6.45) is 0.305. The predicted octanol–water partition coefficient (Wildman–Crippen LogP) is 2.93. The first-order chi connectivity index (χ1) is 11.5. The van der Waals surface area contributed by atoms with E-state index in [1.165, 1.54) is 5.56 Å². The lowest BCUT2D eigenvalue weighted by Crippen LogP contribution is -2.31. The van der Waals surface area contributed by atoms with E-state index < -0.39 is 6.10 Å². The van der Waals surface area contributed by atoms with E-state index in [4.69, 9.17) is 9.47 Å². The minimum atomic E-state index is -0.570. The number of para-hydroxylation sites is 1. The highest BCUT2D eigenvalue weighted by atomic mass is 16.5. The van der Waals surface area contributed by atoms with E-state index >= 15 is 0 Å². The van der Waals surface area contributed by atoms with E-state index in [0.29, 0.717) is 12.3 Å². The zero-order valence-corrected chi connectivity index (χ0v) is 14.3. The van der Waals surface area contributed by atoms with Gasteiger partial charge in [0.25, 0.3) is 0 Å². The van der Waals surface area contributed by atoms with Gasteiger partial charge in [-0.15, -0.1) is 0 Å². The van der Waals surface area contributed by atoms with Gasteiger partial charge in [0.15, 0.2) is 11.5 Å². The molecule has 1 atom stereocenters. The Kier molecular flexibility index (Phi) is 5.07. The molecule has 4 heteroatoms. The lowest BCUT2D eigenvalue weighted by molar-refractivity contribution is 0.0971. The standard InChI is InChI=1S/C20H25NO3/c1-20(2)11-16-9-6-10-18(19(16)24-20)23-14-17(22)13-21-12-15-7-4-3-5-8-15/h3-10,17,21-22H,11-14H2,1-2H3. The molecule has 0 bridgehead atoms. The van der Waals surface area contributed by atoms with Crippen molar-refractivity contribution < 1.29 is 14.6 Å². The van der Waals surface area contributed by atoms with Crippen molar-refractivity contribution in [3.63, 3.8) is 0 Å². The Labute approximate surface area is 143 Å². The smallest absolute Gasteiger partial charge is 0.165 e. The van der Waals surface area contributed by atoms with Crippen molar-refractivity contribution >= 4 is 0 Å². The fourth-order valence-electron chi connectivity index (χ4n) is 2.92. The molecule has 0 saturated carbocycles. The maximum atomic E-state index is 10.1. The van der Waals surface area contributed by atoms with Crippen molar-refractivity contribution in [2.75, 3.05) is 13.2 Å². The summed E-state index contributed by atoms with van der Waals surface area (Å²) < 4.78 is 11.8. The molecule has 0 saturated heterocycles. The fourth-order valence-corrected chi connectivity index (χ4v) is 2.92. The van der Waals surface area contributed by atoms with Crippen LogP contribution in [0.3, 0.4) is 0 Å². The van der Waals surface area contributed by atoms with Gasteiger partial charge in [-0.25, -0.2) is 0 Å². The molecule has 128 valence electrons. The lowest BCUT2D eigenvalue weighted by atomic mass is 10.0. The Morgan fingerprint density at radius 1 is 1.17 bits per heavy atom.